The number of aromatic nitrogens is 4. The summed E-state index contributed by atoms with van der Waals surface area (Å²) >= 11 is 1.48. The number of anilines is 1. The Hall–Kier alpha value is -3.41. The van der Waals surface area contributed by atoms with Gasteiger partial charge in [0, 0.05) is 29.5 Å². The van der Waals surface area contributed by atoms with Crippen LogP contribution >= 0.6 is 11.3 Å². The molecule has 0 amide bonds. The largest absolute Gasteiger partial charge is 0.491 e. The molecule has 3 aromatic heterocycles. The van der Waals surface area contributed by atoms with Gasteiger partial charge in [0.1, 0.15) is 35.1 Å². The molecule has 0 saturated carbocycles. The number of ether oxygens (including phenoxy) is 1. The summed E-state index contributed by atoms with van der Waals surface area (Å²) in [5.41, 5.74) is 1.60. The normalized spacial score (nSPS) is 13.6. The van der Waals surface area contributed by atoms with E-state index in [1.54, 1.807) is 12.1 Å². The van der Waals surface area contributed by atoms with Crippen LogP contribution in [0.1, 0.15) is 4.88 Å². The number of thiophene rings is 1. The Bertz CT molecular complexity index is 1310. The van der Waals surface area contributed by atoms with Gasteiger partial charge >= 0.3 is 0 Å². The van der Waals surface area contributed by atoms with Crippen LogP contribution in [0.25, 0.3) is 27.6 Å². The molecule has 3 N–H and O–H groups in total. The maximum atomic E-state index is 14.4. The Morgan fingerprint density at radius 2 is 2.09 bits per heavy atom. The number of nitrogens with zero attached hydrogens (tertiary/aromatic N) is 4. The van der Waals surface area contributed by atoms with E-state index >= 15 is 0 Å². The first-order valence-corrected chi connectivity index (χ1v) is 11.0. The van der Waals surface area contributed by atoms with E-state index in [1.165, 1.54) is 34.5 Å². The third kappa shape index (κ3) is 4.17. The molecule has 0 fully saturated rings. The van der Waals surface area contributed by atoms with E-state index in [2.05, 4.69) is 20.4 Å². The minimum absolute atomic E-state index is 0.100. The monoisotopic (exact) mass is 471 g/mol. The number of rotatable bonds is 6. The highest BCUT2D eigenvalue weighted by Gasteiger charge is 2.23. The highest BCUT2D eigenvalue weighted by molar-refractivity contribution is 7.16. The summed E-state index contributed by atoms with van der Waals surface area (Å²) in [7, 11) is 0. The summed E-state index contributed by atoms with van der Waals surface area (Å²) in [5, 5.41) is 25.8. The number of hydrogen-bond acceptors (Lipinski definition) is 8. The lowest BCUT2D eigenvalue weighted by Crippen LogP contribution is -2.23. The summed E-state index contributed by atoms with van der Waals surface area (Å²) in [5.74, 6) is 0.182. The first-order valence-electron chi connectivity index (χ1n) is 10.2. The summed E-state index contributed by atoms with van der Waals surface area (Å²) in [4.78, 5) is 10.7. The molecule has 8 nitrogen and oxygen atoms in total. The van der Waals surface area contributed by atoms with Crippen LogP contribution in [0, 0.1) is 11.6 Å². The lowest BCUT2D eigenvalue weighted by atomic mass is 10.1. The van der Waals surface area contributed by atoms with Crippen molar-refractivity contribution in [3.63, 3.8) is 0 Å². The standard InChI is InChI=1S/C22H19F2N5O3S/c23-12-1-2-16(15(24)7-12)29-22(26-11-27-29)19-8-14-18(33-19)5-6-32-17-3-4-20(28-21(14)17)25-9-13(31)10-30/h1-4,7-8,11,13,30-31H,5-6,9-10H2,(H,25,28). The zero-order valence-electron chi connectivity index (χ0n) is 17.2. The summed E-state index contributed by atoms with van der Waals surface area (Å²) in [6.45, 7) is 0.266. The Morgan fingerprint density at radius 3 is 2.91 bits per heavy atom. The highest BCUT2D eigenvalue weighted by atomic mass is 32.1. The van der Waals surface area contributed by atoms with Gasteiger partial charge in [0.25, 0.3) is 0 Å². The molecule has 0 bridgehead atoms. The Balaban J connectivity index is 1.54. The van der Waals surface area contributed by atoms with E-state index in [9.17, 15) is 13.9 Å². The molecule has 0 aliphatic carbocycles. The molecule has 1 aromatic carbocycles. The fourth-order valence-corrected chi connectivity index (χ4v) is 4.68. The lowest BCUT2D eigenvalue weighted by Gasteiger charge is -2.12. The van der Waals surface area contributed by atoms with Crippen LogP contribution in [0.2, 0.25) is 0 Å². The number of aliphatic hydroxyl groups excluding tert-OH is 2. The molecule has 1 aliphatic heterocycles. The zero-order valence-corrected chi connectivity index (χ0v) is 18.0. The number of fused-ring (bicyclic) bond motifs is 3. The van der Waals surface area contributed by atoms with Crippen molar-refractivity contribution in [2.24, 2.45) is 0 Å². The van der Waals surface area contributed by atoms with Gasteiger partial charge in [-0.2, -0.15) is 5.10 Å². The first kappa shape index (κ1) is 21.4. The fourth-order valence-electron chi connectivity index (χ4n) is 3.56. The minimum Gasteiger partial charge on any atom is -0.491 e. The Kier molecular flexibility index (Phi) is 5.75. The average molecular weight is 471 g/mol. The van der Waals surface area contributed by atoms with Gasteiger partial charge in [-0.3, -0.25) is 0 Å². The zero-order chi connectivity index (χ0) is 22.9. The molecule has 33 heavy (non-hydrogen) atoms. The maximum Gasteiger partial charge on any atom is 0.173 e. The summed E-state index contributed by atoms with van der Waals surface area (Å²) in [6, 6.07) is 8.77. The molecule has 1 unspecified atom stereocenters. The minimum atomic E-state index is -0.900. The van der Waals surface area contributed by atoms with E-state index in [-0.39, 0.29) is 18.8 Å². The van der Waals surface area contributed by atoms with Crippen LogP contribution in [0.3, 0.4) is 0 Å². The van der Waals surface area contributed by atoms with Crippen LogP contribution < -0.4 is 10.1 Å². The Labute approximate surface area is 191 Å². The van der Waals surface area contributed by atoms with Gasteiger partial charge in [-0.15, -0.1) is 11.3 Å². The van der Waals surface area contributed by atoms with Gasteiger partial charge in [0.2, 0.25) is 0 Å². The van der Waals surface area contributed by atoms with Gasteiger partial charge in [-0.1, -0.05) is 0 Å². The van der Waals surface area contributed by atoms with Crippen LogP contribution in [0.5, 0.6) is 5.75 Å². The fraction of sp³-hybridized carbons (Fsp3) is 0.227. The van der Waals surface area contributed by atoms with E-state index < -0.39 is 17.7 Å². The van der Waals surface area contributed by atoms with Gasteiger partial charge in [0.05, 0.1) is 24.2 Å². The second kappa shape index (κ2) is 8.85. The molecule has 0 spiro atoms. The van der Waals surface area contributed by atoms with Crippen LogP contribution in [-0.4, -0.2) is 55.8 Å². The molecule has 0 radical (unpaired) electrons. The average Bonchev–Trinajstić information content (AvgIpc) is 3.42. The third-order valence-electron chi connectivity index (χ3n) is 5.14. The highest BCUT2D eigenvalue weighted by Crippen LogP contribution is 2.42. The van der Waals surface area contributed by atoms with Gasteiger partial charge in [-0.05, 0) is 30.3 Å². The van der Waals surface area contributed by atoms with Crippen LogP contribution in [-0.2, 0) is 6.42 Å². The van der Waals surface area contributed by atoms with Crippen molar-refractivity contribution in [1.82, 2.24) is 19.7 Å². The number of hydrogen-bond donors (Lipinski definition) is 3. The second-order valence-electron chi connectivity index (χ2n) is 7.40. The van der Waals surface area contributed by atoms with E-state index in [0.717, 1.165) is 21.4 Å². The molecule has 11 heteroatoms. The molecular weight excluding hydrogens is 452 g/mol. The SMILES string of the molecule is OCC(O)CNc1ccc2c(n1)-c1cc(-c3ncnn3-c3ccc(F)cc3F)sc1CCO2. The molecule has 0 saturated heterocycles. The molecule has 170 valence electrons. The van der Waals surface area contributed by atoms with E-state index in [0.29, 0.717) is 36.1 Å². The molecule has 4 heterocycles. The number of benzene rings is 1. The van der Waals surface area contributed by atoms with E-state index in [4.69, 9.17) is 9.84 Å². The summed E-state index contributed by atoms with van der Waals surface area (Å²) in [6.07, 6.45) is 1.08. The van der Waals surface area contributed by atoms with Crippen molar-refractivity contribution in [2.45, 2.75) is 12.5 Å². The van der Waals surface area contributed by atoms with Crippen molar-refractivity contribution in [3.8, 4) is 33.4 Å². The smallest absolute Gasteiger partial charge is 0.173 e. The van der Waals surface area contributed by atoms with Crippen molar-refractivity contribution >= 4 is 17.2 Å². The number of aliphatic hydroxyl groups is 2. The Morgan fingerprint density at radius 1 is 1.21 bits per heavy atom. The summed E-state index contributed by atoms with van der Waals surface area (Å²) < 4.78 is 35.0. The molecular formula is C22H19F2N5O3S. The second-order valence-corrected chi connectivity index (χ2v) is 8.53. The molecule has 1 aliphatic rings. The number of pyridine rings is 1. The molecule has 4 aromatic rings. The first-order chi connectivity index (χ1) is 16.0. The number of halogens is 2. The third-order valence-corrected chi connectivity index (χ3v) is 6.34. The van der Waals surface area contributed by atoms with Gasteiger partial charge in [-0.25, -0.2) is 23.4 Å². The van der Waals surface area contributed by atoms with Crippen LogP contribution in [0.4, 0.5) is 14.6 Å². The molecule has 1 atom stereocenters. The van der Waals surface area contributed by atoms with Crippen LogP contribution in [0.15, 0.2) is 42.7 Å². The quantitative estimate of drug-likeness (QED) is 0.397. The van der Waals surface area contributed by atoms with Gasteiger partial charge < -0.3 is 20.3 Å². The van der Waals surface area contributed by atoms with Crippen molar-refractivity contribution in [1.29, 1.82) is 0 Å². The van der Waals surface area contributed by atoms with Crippen molar-refractivity contribution in [2.75, 3.05) is 25.1 Å². The topological polar surface area (TPSA) is 105 Å². The van der Waals surface area contributed by atoms with Crippen molar-refractivity contribution < 1.29 is 23.7 Å². The predicted molar refractivity (Wildman–Crippen MR) is 119 cm³/mol. The molecule has 5 rings (SSSR count). The predicted octanol–water partition coefficient (Wildman–Crippen LogP) is 3.04. The maximum absolute atomic E-state index is 14.4. The van der Waals surface area contributed by atoms with Gasteiger partial charge in [0.15, 0.2) is 11.6 Å². The van der Waals surface area contributed by atoms with Crippen molar-refractivity contribution in [3.05, 3.63) is 59.2 Å². The lowest BCUT2D eigenvalue weighted by molar-refractivity contribution is 0.105. The number of nitrogens with one attached hydrogen (secondary N) is 1. The van der Waals surface area contributed by atoms with E-state index in [1.807, 2.05) is 6.07 Å².